The molecule has 0 atom stereocenters. The maximum absolute atomic E-state index is 10.1. The third-order valence-electron chi connectivity index (χ3n) is 0.429. The largest absolute Gasteiger partial charge is 0.407 e. The fourth-order valence-electron chi connectivity index (χ4n) is 0.222. The van der Waals surface area contributed by atoms with Crippen LogP contribution in [0, 0.1) is 0 Å². The number of hydrogen-bond acceptors (Lipinski definition) is 3. The van der Waals surface area contributed by atoms with Crippen molar-refractivity contribution in [3.63, 3.8) is 0 Å². The number of halogens is 1. The molecule has 7 heavy (non-hydrogen) atoms. The molecule has 0 bridgehead atoms. The molecule has 0 aromatic carbocycles. The van der Waals surface area contributed by atoms with Crippen LogP contribution in [0.1, 0.15) is 0 Å². The van der Waals surface area contributed by atoms with Gasteiger partial charge in [0.25, 0.3) is 0 Å². The van der Waals surface area contributed by atoms with Crippen LogP contribution in [0.4, 0.5) is 0 Å². The molecule has 4 heteroatoms. The number of rotatable bonds is 0. The molecule has 1 aromatic heterocycles. The Bertz CT molecular complexity index is 201. The molecule has 38 valence electrons. The zero-order chi connectivity index (χ0) is 5.28. The van der Waals surface area contributed by atoms with Gasteiger partial charge in [0.2, 0.25) is 0 Å². The Balaban J connectivity index is 3.30. The van der Waals surface area contributed by atoms with E-state index in [1.54, 1.807) is 5.38 Å². The first-order valence-corrected chi connectivity index (χ1v) is 3.20. The van der Waals surface area contributed by atoms with Crippen LogP contribution in [0.3, 0.4) is 0 Å². The molecule has 0 aliphatic rings. The van der Waals surface area contributed by atoms with E-state index in [1.165, 1.54) is 0 Å². The molecule has 0 amide bonds. The Hall–Kier alpha value is -0.0900. The highest BCUT2D eigenvalue weighted by Gasteiger charge is 1.88. The average molecular weight is 181 g/mol. The summed E-state index contributed by atoms with van der Waals surface area (Å²) in [6, 6.07) is 0. The van der Waals surface area contributed by atoms with Crippen LogP contribution >= 0.6 is 27.3 Å². The summed E-state index contributed by atoms with van der Waals surface area (Å²) in [5.74, 6) is 0. The molecular weight excluding hydrogens is 180 g/mol. The van der Waals surface area contributed by atoms with Crippen molar-refractivity contribution in [3.05, 3.63) is 19.8 Å². The van der Waals surface area contributed by atoms with E-state index in [9.17, 15) is 4.79 Å². The SMILES string of the molecule is O=c1oc(Br)cs1. The van der Waals surface area contributed by atoms with Crippen molar-refractivity contribution in [2.45, 2.75) is 0 Å². The van der Waals surface area contributed by atoms with Crippen molar-refractivity contribution < 1.29 is 4.42 Å². The molecule has 0 spiro atoms. The van der Waals surface area contributed by atoms with Gasteiger partial charge in [-0.15, -0.1) is 0 Å². The van der Waals surface area contributed by atoms with E-state index in [0.717, 1.165) is 11.3 Å². The third kappa shape index (κ3) is 1.14. The molecular formula is C3HBrO2S. The summed E-state index contributed by atoms with van der Waals surface area (Å²) in [7, 11) is 0. The van der Waals surface area contributed by atoms with Crippen LogP contribution in [-0.4, -0.2) is 0 Å². The van der Waals surface area contributed by atoms with Crippen molar-refractivity contribution in [2.75, 3.05) is 0 Å². The first-order chi connectivity index (χ1) is 3.29. The minimum absolute atomic E-state index is 0.271. The second kappa shape index (κ2) is 1.79. The maximum Gasteiger partial charge on any atom is 0.396 e. The van der Waals surface area contributed by atoms with Crippen molar-refractivity contribution in [2.24, 2.45) is 0 Å². The van der Waals surface area contributed by atoms with Gasteiger partial charge < -0.3 is 4.42 Å². The van der Waals surface area contributed by atoms with E-state index in [2.05, 4.69) is 20.3 Å². The summed E-state index contributed by atoms with van der Waals surface area (Å²) in [5, 5.41) is 1.60. The van der Waals surface area contributed by atoms with E-state index in [1.807, 2.05) is 0 Å². The summed E-state index contributed by atoms with van der Waals surface area (Å²) in [6.45, 7) is 0. The molecule has 0 fully saturated rings. The molecule has 0 radical (unpaired) electrons. The fourth-order valence-corrected chi connectivity index (χ4v) is 1.13. The van der Waals surface area contributed by atoms with Crippen molar-refractivity contribution >= 4 is 27.3 Å². The second-order valence-corrected chi connectivity index (χ2v) is 2.48. The van der Waals surface area contributed by atoms with Crippen LogP contribution in [0.5, 0.6) is 0 Å². The molecule has 0 saturated carbocycles. The van der Waals surface area contributed by atoms with Crippen LogP contribution in [0.2, 0.25) is 0 Å². The second-order valence-electron chi connectivity index (χ2n) is 0.892. The highest BCUT2D eigenvalue weighted by molar-refractivity contribution is 9.10. The lowest BCUT2D eigenvalue weighted by Gasteiger charge is -1.63. The molecule has 0 unspecified atom stereocenters. The Labute approximate surface area is 51.9 Å². The Kier molecular flexibility index (Phi) is 1.30. The molecule has 0 N–H and O–H groups in total. The van der Waals surface area contributed by atoms with E-state index in [0.29, 0.717) is 4.67 Å². The lowest BCUT2D eigenvalue weighted by Crippen LogP contribution is -1.79. The predicted octanol–water partition coefficient (Wildman–Crippen LogP) is 1.46. The van der Waals surface area contributed by atoms with Gasteiger partial charge >= 0.3 is 4.94 Å². The minimum Gasteiger partial charge on any atom is -0.407 e. The standard InChI is InChI=1S/C3HBrO2S/c4-2-1-7-3(5)6-2/h1H. The summed E-state index contributed by atoms with van der Waals surface area (Å²) in [4.78, 5) is 9.84. The van der Waals surface area contributed by atoms with Crippen LogP contribution in [0.15, 0.2) is 19.3 Å². The highest BCUT2D eigenvalue weighted by atomic mass is 79.9. The van der Waals surface area contributed by atoms with Gasteiger partial charge in [-0.05, 0) is 15.9 Å². The Morgan fingerprint density at radius 3 is 2.71 bits per heavy atom. The van der Waals surface area contributed by atoms with Gasteiger partial charge in [-0.2, -0.15) is 0 Å². The smallest absolute Gasteiger partial charge is 0.396 e. The normalized spacial score (nSPS) is 9.29. The summed E-state index contributed by atoms with van der Waals surface area (Å²) < 4.78 is 4.97. The maximum atomic E-state index is 10.1. The third-order valence-corrected chi connectivity index (χ3v) is 1.73. The monoisotopic (exact) mass is 180 g/mol. The van der Waals surface area contributed by atoms with Crippen LogP contribution in [-0.2, 0) is 0 Å². The van der Waals surface area contributed by atoms with Crippen molar-refractivity contribution in [3.8, 4) is 0 Å². The average Bonchev–Trinajstić information content (AvgIpc) is 1.87. The highest BCUT2D eigenvalue weighted by Crippen LogP contribution is 2.06. The van der Waals surface area contributed by atoms with Gasteiger partial charge in [0.1, 0.15) is 0 Å². The van der Waals surface area contributed by atoms with Gasteiger partial charge in [0.05, 0.1) is 0 Å². The molecule has 0 saturated heterocycles. The minimum atomic E-state index is -0.271. The fraction of sp³-hybridized carbons (Fsp3) is 0. The van der Waals surface area contributed by atoms with Crippen molar-refractivity contribution in [1.82, 2.24) is 0 Å². The van der Waals surface area contributed by atoms with Gasteiger partial charge in [0, 0.05) is 5.38 Å². The molecule has 1 aromatic rings. The number of hydrogen-bond donors (Lipinski definition) is 0. The molecule has 1 heterocycles. The summed E-state index contributed by atoms with van der Waals surface area (Å²) in [6.07, 6.45) is 0. The predicted molar refractivity (Wildman–Crippen MR) is 30.6 cm³/mol. The lowest BCUT2D eigenvalue weighted by atomic mass is 11.1. The summed E-state index contributed by atoms with van der Waals surface area (Å²) in [5.41, 5.74) is 0. The van der Waals surface area contributed by atoms with Gasteiger partial charge in [-0.3, -0.25) is 0 Å². The zero-order valence-corrected chi connectivity index (χ0v) is 5.58. The lowest BCUT2D eigenvalue weighted by molar-refractivity contribution is 0.512. The molecule has 1 rings (SSSR count). The molecule has 0 aliphatic carbocycles. The van der Waals surface area contributed by atoms with Crippen LogP contribution in [0.25, 0.3) is 0 Å². The van der Waals surface area contributed by atoms with E-state index >= 15 is 0 Å². The first-order valence-electron chi connectivity index (χ1n) is 1.53. The molecule has 2 nitrogen and oxygen atoms in total. The van der Waals surface area contributed by atoms with Gasteiger partial charge in [0.15, 0.2) is 4.67 Å². The van der Waals surface area contributed by atoms with Gasteiger partial charge in [-0.25, -0.2) is 4.79 Å². The van der Waals surface area contributed by atoms with E-state index < -0.39 is 0 Å². The summed E-state index contributed by atoms with van der Waals surface area (Å²) >= 11 is 4.01. The van der Waals surface area contributed by atoms with Gasteiger partial charge in [-0.1, -0.05) is 11.3 Å². The van der Waals surface area contributed by atoms with E-state index in [-0.39, 0.29) is 4.94 Å². The molecule has 0 aliphatic heterocycles. The quantitative estimate of drug-likeness (QED) is 0.606. The Morgan fingerprint density at radius 1 is 1.86 bits per heavy atom. The van der Waals surface area contributed by atoms with Crippen molar-refractivity contribution in [1.29, 1.82) is 0 Å². The Morgan fingerprint density at radius 2 is 2.57 bits per heavy atom. The zero-order valence-electron chi connectivity index (χ0n) is 3.18. The first kappa shape index (κ1) is 5.05. The van der Waals surface area contributed by atoms with Crippen LogP contribution < -0.4 is 4.94 Å². The topological polar surface area (TPSA) is 30.2 Å². The van der Waals surface area contributed by atoms with E-state index in [4.69, 9.17) is 0 Å².